The lowest BCUT2D eigenvalue weighted by Crippen LogP contribution is -2.24. The Morgan fingerprint density at radius 2 is 2.29 bits per heavy atom. The molecule has 4 heteroatoms. The molecule has 2 rings (SSSR count). The molecule has 0 saturated carbocycles. The van der Waals surface area contributed by atoms with Gasteiger partial charge in [0.2, 0.25) is 0 Å². The highest BCUT2D eigenvalue weighted by molar-refractivity contribution is 5.32. The number of benzene rings is 1. The third-order valence-corrected chi connectivity index (χ3v) is 3.50. The van der Waals surface area contributed by atoms with Gasteiger partial charge in [0, 0.05) is 12.6 Å². The molecule has 0 bridgehead atoms. The molecule has 1 heterocycles. The summed E-state index contributed by atoms with van der Waals surface area (Å²) in [6.45, 7) is 2.08. The fourth-order valence-corrected chi connectivity index (χ4v) is 2.42. The monoisotopic (exact) mass is 238 g/mol. The molecule has 94 valence electrons. The van der Waals surface area contributed by atoms with Crippen LogP contribution in [-0.4, -0.2) is 32.1 Å². The molecule has 1 aromatic carbocycles. The third-order valence-electron chi connectivity index (χ3n) is 3.50. The van der Waals surface area contributed by atoms with Crippen LogP contribution in [0.4, 0.5) is 4.39 Å². The van der Waals surface area contributed by atoms with Crippen LogP contribution in [0.15, 0.2) is 18.2 Å². The summed E-state index contributed by atoms with van der Waals surface area (Å²) in [6.07, 6.45) is 1.09. The Bertz CT molecular complexity index is 397. The van der Waals surface area contributed by atoms with Gasteiger partial charge in [0.05, 0.1) is 7.11 Å². The molecule has 1 aliphatic heterocycles. The second kappa shape index (κ2) is 5.02. The van der Waals surface area contributed by atoms with E-state index < -0.39 is 0 Å². The summed E-state index contributed by atoms with van der Waals surface area (Å²) >= 11 is 0. The zero-order valence-electron chi connectivity index (χ0n) is 10.3. The van der Waals surface area contributed by atoms with Crippen molar-refractivity contribution in [1.82, 2.24) is 4.90 Å². The van der Waals surface area contributed by atoms with Crippen molar-refractivity contribution in [2.75, 3.05) is 27.2 Å². The standard InChI is InChI=1S/C13H19FN2O/c1-16-6-5-10(8-16)13(15)9-3-4-11(14)12(7-9)17-2/h3-4,7,10,13H,5-6,8,15H2,1-2H3. The lowest BCUT2D eigenvalue weighted by Gasteiger charge is -2.20. The largest absolute Gasteiger partial charge is 0.494 e. The van der Waals surface area contributed by atoms with Crippen molar-refractivity contribution in [2.45, 2.75) is 12.5 Å². The van der Waals surface area contributed by atoms with Crippen molar-refractivity contribution in [1.29, 1.82) is 0 Å². The fourth-order valence-electron chi connectivity index (χ4n) is 2.42. The van der Waals surface area contributed by atoms with E-state index >= 15 is 0 Å². The van der Waals surface area contributed by atoms with Gasteiger partial charge in [-0.1, -0.05) is 6.07 Å². The summed E-state index contributed by atoms with van der Waals surface area (Å²) in [5.41, 5.74) is 7.18. The highest BCUT2D eigenvalue weighted by atomic mass is 19.1. The summed E-state index contributed by atoms with van der Waals surface area (Å²) in [5, 5.41) is 0. The van der Waals surface area contributed by atoms with Gasteiger partial charge in [0.15, 0.2) is 11.6 Å². The quantitative estimate of drug-likeness (QED) is 0.872. The van der Waals surface area contributed by atoms with E-state index in [1.54, 1.807) is 12.1 Å². The van der Waals surface area contributed by atoms with Gasteiger partial charge in [-0.2, -0.15) is 0 Å². The number of likely N-dealkylation sites (tertiary alicyclic amines) is 1. The maximum absolute atomic E-state index is 13.3. The molecule has 1 aliphatic rings. The summed E-state index contributed by atoms with van der Waals surface area (Å²) < 4.78 is 18.3. The van der Waals surface area contributed by atoms with E-state index in [0.29, 0.717) is 5.92 Å². The minimum atomic E-state index is -0.341. The molecule has 0 aliphatic carbocycles. The maximum atomic E-state index is 13.3. The zero-order valence-corrected chi connectivity index (χ0v) is 10.3. The van der Waals surface area contributed by atoms with Gasteiger partial charge in [0.25, 0.3) is 0 Å². The van der Waals surface area contributed by atoms with Crippen molar-refractivity contribution in [3.05, 3.63) is 29.6 Å². The van der Waals surface area contributed by atoms with Crippen LogP contribution in [0.5, 0.6) is 5.75 Å². The van der Waals surface area contributed by atoms with Crippen LogP contribution < -0.4 is 10.5 Å². The van der Waals surface area contributed by atoms with Gasteiger partial charge < -0.3 is 15.4 Å². The van der Waals surface area contributed by atoms with Crippen molar-refractivity contribution in [2.24, 2.45) is 11.7 Å². The molecular formula is C13H19FN2O. The first-order valence-corrected chi connectivity index (χ1v) is 5.89. The molecule has 17 heavy (non-hydrogen) atoms. The van der Waals surface area contributed by atoms with Crippen LogP contribution in [-0.2, 0) is 0 Å². The topological polar surface area (TPSA) is 38.5 Å². The Balaban J connectivity index is 2.16. The molecular weight excluding hydrogens is 219 g/mol. The second-order valence-electron chi connectivity index (χ2n) is 4.73. The van der Waals surface area contributed by atoms with E-state index in [4.69, 9.17) is 10.5 Å². The highest BCUT2D eigenvalue weighted by Gasteiger charge is 2.26. The molecule has 0 aromatic heterocycles. The Morgan fingerprint density at radius 1 is 1.53 bits per heavy atom. The van der Waals surface area contributed by atoms with E-state index in [-0.39, 0.29) is 17.6 Å². The highest BCUT2D eigenvalue weighted by Crippen LogP contribution is 2.30. The number of nitrogens with zero attached hydrogens (tertiary/aromatic N) is 1. The first-order chi connectivity index (χ1) is 8.11. The molecule has 1 saturated heterocycles. The van der Waals surface area contributed by atoms with Crippen LogP contribution in [0.25, 0.3) is 0 Å². The maximum Gasteiger partial charge on any atom is 0.165 e. The van der Waals surface area contributed by atoms with Gasteiger partial charge in [-0.3, -0.25) is 0 Å². The summed E-state index contributed by atoms with van der Waals surface area (Å²) in [5.74, 6) is 0.367. The Labute approximate surface area is 101 Å². The third kappa shape index (κ3) is 2.58. The summed E-state index contributed by atoms with van der Waals surface area (Å²) in [7, 11) is 3.56. The Hall–Kier alpha value is -1.13. The molecule has 0 spiro atoms. The van der Waals surface area contributed by atoms with E-state index in [0.717, 1.165) is 25.1 Å². The average molecular weight is 238 g/mol. The van der Waals surface area contributed by atoms with Gasteiger partial charge in [-0.05, 0) is 43.6 Å². The van der Waals surface area contributed by atoms with Crippen molar-refractivity contribution >= 4 is 0 Å². The van der Waals surface area contributed by atoms with E-state index in [2.05, 4.69) is 11.9 Å². The minimum absolute atomic E-state index is 0.0468. The number of methoxy groups -OCH3 is 1. The predicted octanol–water partition coefficient (Wildman–Crippen LogP) is 1.79. The van der Waals surface area contributed by atoms with Crippen LogP contribution in [0.2, 0.25) is 0 Å². The Kier molecular flexibility index (Phi) is 3.64. The van der Waals surface area contributed by atoms with Crippen molar-refractivity contribution < 1.29 is 9.13 Å². The van der Waals surface area contributed by atoms with Gasteiger partial charge in [0.1, 0.15) is 0 Å². The first-order valence-electron chi connectivity index (χ1n) is 5.89. The second-order valence-corrected chi connectivity index (χ2v) is 4.73. The molecule has 0 radical (unpaired) electrons. The number of rotatable bonds is 3. The van der Waals surface area contributed by atoms with Gasteiger partial charge in [-0.15, -0.1) is 0 Å². The number of halogens is 1. The number of hydrogen-bond donors (Lipinski definition) is 1. The molecule has 3 nitrogen and oxygen atoms in total. The molecule has 1 fully saturated rings. The van der Waals surface area contributed by atoms with Gasteiger partial charge in [-0.25, -0.2) is 4.39 Å². The smallest absolute Gasteiger partial charge is 0.165 e. The van der Waals surface area contributed by atoms with Crippen LogP contribution in [0.3, 0.4) is 0 Å². The normalized spacial score (nSPS) is 22.7. The lowest BCUT2D eigenvalue weighted by atomic mass is 9.93. The van der Waals surface area contributed by atoms with E-state index in [1.165, 1.54) is 13.2 Å². The minimum Gasteiger partial charge on any atom is -0.494 e. The van der Waals surface area contributed by atoms with Crippen molar-refractivity contribution in [3.63, 3.8) is 0 Å². The van der Waals surface area contributed by atoms with Crippen LogP contribution in [0.1, 0.15) is 18.0 Å². The molecule has 2 atom stereocenters. The Morgan fingerprint density at radius 3 is 2.88 bits per heavy atom. The summed E-state index contributed by atoms with van der Waals surface area (Å²) in [4.78, 5) is 2.27. The SMILES string of the molecule is COc1cc(C(N)C2CCN(C)C2)ccc1F. The average Bonchev–Trinajstić information content (AvgIpc) is 2.75. The fraction of sp³-hybridized carbons (Fsp3) is 0.538. The number of ether oxygens (including phenoxy) is 1. The summed E-state index contributed by atoms with van der Waals surface area (Å²) in [6, 6.07) is 4.83. The predicted molar refractivity (Wildman–Crippen MR) is 65.5 cm³/mol. The lowest BCUT2D eigenvalue weighted by molar-refractivity contribution is 0.368. The van der Waals surface area contributed by atoms with Crippen molar-refractivity contribution in [3.8, 4) is 5.75 Å². The zero-order chi connectivity index (χ0) is 12.4. The molecule has 2 N–H and O–H groups in total. The first kappa shape index (κ1) is 12.3. The van der Waals surface area contributed by atoms with Crippen LogP contribution in [0, 0.1) is 11.7 Å². The van der Waals surface area contributed by atoms with E-state index in [9.17, 15) is 4.39 Å². The van der Waals surface area contributed by atoms with E-state index in [1.807, 2.05) is 0 Å². The molecule has 1 aromatic rings. The molecule has 0 amide bonds. The van der Waals surface area contributed by atoms with Crippen LogP contribution >= 0.6 is 0 Å². The molecule has 2 unspecified atom stereocenters. The van der Waals surface area contributed by atoms with Gasteiger partial charge >= 0.3 is 0 Å². The number of hydrogen-bond acceptors (Lipinski definition) is 3. The number of nitrogens with two attached hydrogens (primary N) is 1.